The number of aromatic hydroxyl groups is 1. The summed E-state index contributed by atoms with van der Waals surface area (Å²) in [6, 6.07) is 4.78. The highest BCUT2D eigenvalue weighted by Gasteiger charge is 2.22. The van der Waals surface area contributed by atoms with E-state index < -0.39 is 18.0 Å². The van der Waals surface area contributed by atoms with Crippen LogP contribution in [0.2, 0.25) is 0 Å². The summed E-state index contributed by atoms with van der Waals surface area (Å²) < 4.78 is 0. The van der Waals surface area contributed by atoms with Gasteiger partial charge in [0, 0.05) is 12.5 Å². The second-order valence-electron chi connectivity index (χ2n) is 5.02. The molecule has 0 heterocycles. The number of rotatable bonds is 5. The Hall–Kier alpha value is -2.50. The van der Waals surface area contributed by atoms with Crippen LogP contribution in [0.1, 0.15) is 18.4 Å². The van der Waals surface area contributed by atoms with Crippen molar-refractivity contribution in [1.82, 2.24) is 10.6 Å². The molecular weight excluding hydrogens is 272 g/mol. The zero-order valence-corrected chi connectivity index (χ0v) is 11.5. The zero-order chi connectivity index (χ0) is 15.2. The molecule has 0 unspecified atom stereocenters. The van der Waals surface area contributed by atoms with E-state index in [-0.39, 0.29) is 18.2 Å². The SMILES string of the molecule is O=C(NC1CC=CC1)N[C@H](Cc1ccc(O)cc1)C(=O)O. The van der Waals surface area contributed by atoms with Gasteiger partial charge >= 0.3 is 12.0 Å². The molecule has 2 amide bonds. The Morgan fingerprint density at radius 2 is 1.81 bits per heavy atom. The summed E-state index contributed by atoms with van der Waals surface area (Å²) in [4.78, 5) is 23.0. The lowest BCUT2D eigenvalue weighted by molar-refractivity contribution is -0.139. The van der Waals surface area contributed by atoms with Crippen molar-refractivity contribution in [1.29, 1.82) is 0 Å². The van der Waals surface area contributed by atoms with Gasteiger partial charge in [-0.15, -0.1) is 0 Å². The lowest BCUT2D eigenvalue weighted by Gasteiger charge is -2.18. The Bertz CT molecular complexity index is 531. The number of phenolic OH excluding ortho intramolecular Hbond substituents is 1. The van der Waals surface area contributed by atoms with Crippen LogP contribution in [0.4, 0.5) is 4.79 Å². The molecule has 0 aliphatic heterocycles. The third-order valence-corrected chi connectivity index (χ3v) is 3.32. The van der Waals surface area contributed by atoms with Crippen molar-refractivity contribution in [2.75, 3.05) is 0 Å². The molecule has 112 valence electrons. The van der Waals surface area contributed by atoms with Crippen LogP contribution in [-0.4, -0.2) is 34.3 Å². The number of amides is 2. The van der Waals surface area contributed by atoms with Crippen molar-refractivity contribution in [3.8, 4) is 5.75 Å². The fourth-order valence-corrected chi connectivity index (χ4v) is 2.19. The number of carbonyl (C=O) groups excluding carboxylic acids is 1. The van der Waals surface area contributed by atoms with Crippen LogP contribution in [0.25, 0.3) is 0 Å². The highest BCUT2D eigenvalue weighted by molar-refractivity contribution is 5.82. The maximum atomic E-state index is 11.8. The molecule has 6 heteroatoms. The first-order valence-electron chi connectivity index (χ1n) is 6.77. The number of nitrogens with one attached hydrogen (secondary N) is 2. The van der Waals surface area contributed by atoms with E-state index in [0.717, 1.165) is 18.4 Å². The van der Waals surface area contributed by atoms with Crippen LogP contribution < -0.4 is 10.6 Å². The number of benzene rings is 1. The average Bonchev–Trinajstić information content (AvgIpc) is 2.93. The molecular formula is C15H18N2O4. The topological polar surface area (TPSA) is 98.7 Å². The van der Waals surface area contributed by atoms with Gasteiger partial charge in [0.25, 0.3) is 0 Å². The summed E-state index contributed by atoms with van der Waals surface area (Å²) in [6.07, 6.45) is 5.66. The van der Waals surface area contributed by atoms with Crippen LogP contribution >= 0.6 is 0 Å². The number of phenols is 1. The van der Waals surface area contributed by atoms with Gasteiger partial charge < -0.3 is 20.8 Å². The van der Waals surface area contributed by atoms with Crippen molar-refractivity contribution in [3.05, 3.63) is 42.0 Å². The minimum Gasteiger partial charge on any atom is -0.508 e. The van der Waals surface area contributed by atoms with E-state index in [0.29, 0.717) is 0 Å². The zero-order valence-electron chi connectivity index (χ0n) is 11.5. The van der Waals surface area contributed by atoms with Crippen molar-refractivity contribution < 1.29 is 19.8 Å². The third kappa shape index (κ3) is 4.52. The van der Waals surface area contributed by atoms with Crippen molar-refractivity contribution in [3.63, 3.8) is 0 Å². The Balaban J connectivity index is 1.90. The monoisotopic (exact) mass is 290 g/mol. The lowest BCUT2D eigenvalue weighted by atomic mass is 10.1. The van der Waals surface area contributed by atoms with Gasteiger partial charge in [0.1, 0.15) is 11.8 Å². The number of carboxylic acids is 1. The Kier molecular flexibility index (Phi) is 4.81. The number of hydrogen-bond donors (Lipinski definition) is 4. The van der Waals surface area contributed by atoms with Gasteiger partial charge in [0.15, 0.2) is 0 Å². The summed E-state index contributed by atoms with van der Waals surface area (Å²) in [5, 5.41) is 23.6. The first-order valence-corrected chi connectivity index (χ1v) is 6.77. The van der Waals surface area contributed by atoms with E-state index in [1.165, 1.54) is 12.1 Å². The van der Waals surface area contributed by atoms with Crippen molar-refractivity contribution >= 4 is 12.0 Å². The normalized spacial score (nSPS) is 15.6. The van der Waals surface area contributed by atoms with Gasteiger partial charge in [0.2, 0.25) is 0 Å². The molecule has 1 atom stereocenters. The van der Waals surface area contributed by atoms with Crippen LogP contribution in [-0.2, 0) is 11.2 Å². The van der Waals surface area contributed by atoms with Crippen molar-refractivity contribution in [2.45, 2.75) is 31.3 Å². The van der Waals surface area contributed by atoms with E-state index in [9.17, 15) is 19.8 Å². The fourth-order valence-electron chi connectivity index (χ4n) is 2.19. The number of carboxylic acid groups (broad SMARTS) is 1. The van der Waals surface area contributed by atoms with Gasteiger partial charge in [-0.2, -0.15) is 0 Å². The molecule has 0 saturated heterocycles. The summed E-state index contributed by atoms with van der Waals surface area (Å²) >= 11 is 0. The molecule has 0 fully saturated rings. The molecule has 0 spiro atoms. The standard InChI is InChI=1S/C15H18N2O4/c18-12-7-5-10(6-8-12)9-13(14(19)20)17-15(21)16-11-3-1-2-4-11/h1-2,5-8,11,13,18H,3-4,9H2,(H,19,20)(H2,16,17,21)/t13-/m1/s1. The fraction of sp³-hybridized carbons (Fsp3) is 0.333. The predicted molar refractivity (Wildman–Crippen MR) is 77.1 cm³/mol. The van der Waals surface area contributed by atoms with Gasteiger partial charge in [-0.1, -0.05) is 24.3 Å². The third-order valence-electron chi connectivity index (χ3n) is 3.32. The molecule has 0 bridgehead atoms. The second kappa shape index (κ2) is 6.78. The van der Waals surface area contributed by atoms with Crippen LogP contribution in [0.15, 0.2) is 36.4 Å². The molecule has 0 aromatic heterocycles. The number of hydrogen-bond acceptors (Lipinski definition) is 3. The molecule has 1 aromatic rings. The van der Waals surface area contributed by atoms with E-state index >= 15 is 0 Å². The molecule has 21 heavy (non-hydrogen) atoms. The minimum absolute atomic E-state index is 0.0353. The van der Waals surface area contributed by atoms with Gasteiger partial charge in [-0.3, -0.25) is 0 Å². The smallest absolute Gasteiger partial charge is 0.326 e. The van der Waals surface area contributed by atoms with Gasteiger partial charge in [-0.25, -0.2) is 9.59 Å². The van der Waals surface area contributed by atoms with Gasteiger partial charge in [0.05, 0.1) is 0 Å². The number of urea groups is 1. The summed E-state index contributed by atoms with van der Waals surface area (Å²) in [6.45, 7) is 0. The maximum Gasteiger partial charge on any atom is 0.326 e. The van der Waals surface area contributed by atoms with Crippen LogP contribution in [0.5, 0.6) is 5.75 Å². The Morgan fingerprint density at radius 3 is 2.38 bits per heavy atom. The number of aliphatic carboxylic acids is 1. The highest BCUT2D eigenvalue weighted by Crippen LogP contribution is 2.12. The van der Waals surface area contributed by atoms with E-state index in [1.807, 2.05) is 12.2 Å². The maximum absolute atomic E-state index is 11.8. The van der Waals surface area contributed by atoms with E-state index in [4.69, 9.17) is 0 Å². The molecule has 2 rings (SSSR count). The highest BCUT2D eigenvalue weighted by atomic mass is 16.4. The lowest BCUT2D eigenvalue weighted by Crippen LogP contribution is -2.49. The summed E-state index contributed by atoms with van der Waals surface area (Å²) in [5.74, 6) is -0.979. The first-order chi connectivity index (χ1) is 10.0. The molecule has 1 aromatic carbocycles. The van der Waals surface area contributed by atoms with E-state index in [1.54, 1.807) is 12.1 Å². The Morgan fingerprint density at radius 1 is 1.19 bits per heavy atom. The van der Waals surface area contributed by atoms with Gasteiger partial charge in [-0.05, 0) is 30.5 Å². The number of carbonyl (C=O) groups is 2. The van der Waals surface area contributed by atoms with Crippen LogP contribution in [0.3, 0.4) is 0 Å². The summed E-state index contributed by atoms with van der Waals surface area (Å²) in [7, 11) is 0. The molecule has 0 saturated carbocycles. The minimum atomic E-state index is -1.09. The molecule has 4 N–H and O–H groups in total. The second-order valence-corrected chi connectivity index (χ2v) is 5.02. The van der Waals surface area contributed by atoms with Crippen LogP contribution in [0, 0.1) is 0 Å². The van der Waals surface area contributed by atoms with E-state index in [2.05, 4.69) is 10.6 Å². The quantitative estimate of drug-likeness (QED) is 0.616. The first kappa shape index (κ1) is 14.9. The molecule has 0 radical (unpaired) electrons. The molecule has 6 nitrogen and oxygen atoms in total. The predicted octanol–water partition coefficient (Wildman–Crippen LogP) is 1.41. The average molecular weight is 290 g/mol. The molecule has 1 aliphatic rings. The largest absolute Gasteiger partial charge is 0.508 e. The molecule has 1 aliphatic carbocycles. The summed E-state index contributed by atoms with van der Waals surface area (Å²) in [5.41, 5.74) is 0.725. The Labute approximate surface area is 122 Å². The van der Waals surface area contributed by atoms with Crippen molar-refractivity contribution in [2.24, 2.45) is 0 Å².